The van der Waals surface area contributed by atoms with Crippen LogP contribution in [0.25, 0.3) is 0 Å². The van der Waals surface area contributed by atoms with Crippen LogP contribution < -0.4 is 20.1 Å². The number of hydrogen-bond donors (Lipinski definition) is 3. The normalized spacial score (nSPS) is 11.9. The summed E-state index contributed by atoms with van der Waals surface area (Å²) in [5.41, 5.74) is 2.81. The molecule has 3 N–H and O–H groups in total. The summed E-state index contributed by atoms with van der Waals surface area (Å²) >= 11 is 0. The second-order valence-corrected chi connectivity index (χ2v) is 8.30. The molecule has 0 unspecified atom stereocenters. The molecule has 0 amide bonds. The lowest BCUT2D eigenvalue weighted by Gasteiger charge is -2.14. The SMILES string of the molecule is CCNC(=NCc1ccc(CS(=O)(=O)NC)cc1)NCc1ccccc1OCC. The molecular formula is C21H30N4O3S. The highest BCUT2D eigenvalue weighted by Crippen LogP contribution is 2.17. The summed E-state index contributed by atoms with van der Waals surface area (Å²) in [4.78, 5) is 4.62. The van der Waals surface area contributed by atoms with Crippen LogP contribution in [0.1, 0.15) is 30.5 Å². The first-order chi connectivity index (χ1) is 14.0. The number of nitrogens with zero attached hydrogens (tertiary/aromatic N) is 1. The monoisotopic (exact) mass is 418 g/mol. The van der Waals surface area contributed by atoms with Gasteiger partial charge in [-0.2, -0.15) is 0 Å². The van der Waals surface area contributed by atoms with Crippen LogP contribution in [-0.4, -0.2) is 34.6 Å². The van der Waals surface area contributed by atoms with Crippen molar-refractivity contribution in [1.29, 1.82) is 0 Å². The molecule has 158 valence electrons. The Morgan fingerprint density at radius 2 is 1.69 bits per heavy atom. The molecule has 2 aromatic rings. The van der Waals surface area contributed by atoms with E-state index in [2.05, 4.69) is 20.3 Å². The Morgan fingerprint density at radius 1 is 1.00 bits per heavy atom. The van der Waals surface area contributed by atoms with Crippen molar-refractivity contribution in [2.75, 3.05) is 20.2 Å². The van der Waals surface area contributed by atoms with Gasteiger partial charge in [-0.05, 0) is 38.1 Å². The van der Waals surface area contributed by atoms with Crippen LogP contribution in [0.4, 0.5) is 0 Å². The van der Waals surface area contributed by atoms with Crippen molar-refractivity contribution in [2.24, 2.45) is 4.99 Å². The molecule has 2 aromatic carbocycles. The van der Waals surface area contributed by atoms with Crippen LogP contribution in [-0.2, 0) is 28.9 Å². The molecule has 0 aliphatic heterocycles. The summed E-state index contributed by atoms with van der Waals surface area (Å²) < 4.78 is 31.3. The van der Waals surface area contributed by atoms with E-state index in [1.165, 1.54) is 7.05 Å². The largest absolute Gasteiger partial charge is 0.494 e. The Bertz CT molecular complexity index is 896. The van der Waals surface area contributed by atoms with Crippen molar-refractivity contribution in [2.45, 2.75) is 32.7 Å². The molecule has 0 saturated heterocycles. The predicted molar refractivity (Wildman–Crippen MR) is 117 cm³/mol. The number of guanidine groups is 1. The summed E-state index contributed by atoms with van der Waals surface area (Å²) in [5.74, 6) is 1.54. The van der Waals surface area contributed by atoms with E-state index < -0.39 is 10.0 Å². The Balaban J connectivity index is 2.00. The van der Waals surface area contributed by atoms with Crippen molar-refractivity contribution in [3.63, 3.8) is 0 Å². The number of nitrogens with one attached hydrogen (secondary N) is 3. The zero-order chi connectivity index (χ0) is 21.1. The Kier molecular flexibility index (Phi) is 8.95. The van der Waals surface area contributed by atoms with Crippen LogP contribution in [0, 0.1) is 0 Å². The molecule has 0 heterocycles. The maximum atomic E-state index is 11.6. The number of benzene rings is 2. The quantitative estimate of drug-likeness (QED) is 0.407. The zero-order valence-corrected chi connectivity index (χ0v) is 18.1. The van der Waals surface area contributed by atoms with E-state index in [0.717, 1.165) is 29.0 Å². The van der Waals surface area contributed by atoms with Crippen molar-refractivity contribution >= 4 is 16.0 Å². The van der Waals surface area contributed by atoms with Gasteiger partial charge in [-0.25, -0.2) is 18.1 Å². The van der Waals surface area contributed by atoms with Gasteiger partial charge in [0.15, 0.2) is 5.96 Å². The highest BCUT2D eigenvalue weighted by molar-refractivity contribution is 7.88. The van der Waals surface area contributed by atoms with Gasteiger partial charge in [-0.3, -0.25) is 0 Å². The van der Waals surface area contributed by atoms with Crippen LogP contribution in [0.2, 0.25) is 0 Å². The van der Waals surface area contributed by atoms with Crippen LogP contribution in [0.3, 0.4) is 0 Å². The number of rotatable bonds is 10. The van der Waals surface area contributed by atoms with Gasteiger partial charge in [0.05, 0.1) is 18.9 Å². The molecule has 29 heavy (non-hydrogen) atoms. The average Bonchev–Trinajstić information content (AvgIpc) is 2.72. The summed E-state index contributed by atoms with van der Waals surface area (Å²) in [7, 11) is -1.85. The van der Waals surface area contributed by atoms with Gasteiger partial charge < -0.3 is 15.4 Å². The molecule has 0 atom stereocenters. The molecule has 0 aromatic heterocycles. The van der Waals surface area contributed by atoms with Gasteiger partial charge in [-0.1, -0.05) is 42.5 Å². The maximum absolute atomic E-state index is 11.6. The lowest BCUT2D eigenvalue weighted by molar-refractivity contribution is 0.336. The number of para-hydroxylation sites is 1. The fourth-order valence-corrected chi connectivity index (χ4v) is 3.45. The fraction of sp³-hybridized carbons (Fsp3) is 0.381. The molecule has 0 aliphatic rings. The van der Waals surface area contributed by atoms with Crippen molar-refractivity contribution in [1.82, 2.24) is 15.4 Å². The smallest absolute Gasteiger partial charge is 0.215 e. The highest BCUT2D eigenvalue weighted by Gasteiger charge is 2.08. The molecule has 0 bridgehead atoms. The third kappa shape index (κ3) is 7.75. The van der Waals surface area contributed by atoms with Crippen molar-refractivity contribution in [3.8, 4) is 5.75 Å². The van der Waals surface area contributed by atoms with Gasteiger partial charge in [-0.15, -0.1) is 0 Å². The molecule has 2 rings (SSSR count). The summed E-state index contributed by atoms with van der Waals surface area (Å²) in [5, 5.41) is 6.56. The first-order valence-corrected chi connectivity index (χ1v) is 11.3. The van der Waals surface area contributed by atoms with E-state index in [1.807, 2.05) is 62.4 Å². The Morgan fingerprint density at radius 3 is 2.34 bits per heavy atom. The standard InChI is InChI=1S/C21H30N4O3S/c1-4-23-21(25-15-19-8-6-7-9-20(19)28-5-2)24-14-17-10-12-18(13-11-17)16-29(26,27)22-3/h6-13,22H,4-5,14-16H2,1-3H3,(H2,23,24,25). The second kappa shape index (κ2) is 11.4. The lowest BCUT2D eigenvalue weighted by Crippen LogP contribution is -2.36. The summed E-state index contributed by atoms with van der Waals surface area (Å²) in [6.45, 7) is 6.44. The molecule has 0 spiro atoms. The van der Waals surface area contributed by atoms with E-state index in [1.54, 1.807) is 0 Å². The third-order valence-corrected chi connectivity index (χ3v) is 5.51. The minimum Gasteiger partial charge on any atom is -0.494 e. The summed E-state index contributed by atoms with van der Waals surface area (Å²) in [6.07, 6.45) is 0. The molecule has 0 radical (unpaired) electrons. The van der Waals surface area contributed by atoms with Crippen LogP contribution in [0.5, 0.6) is 5.75 Å². The molecule has 0 fully saturated rings. The number of ether oxygens (including phenoxy) is 1. The van der Waals surface area contributed by atoms with Gasteiger partial charge in [0.2, 0.25) is 10.0 Å². The molecule has 8 heteroatoms. The fourth-order valence-electron chi connectivity index (χ4n) is 2.67. The molecule has 0 aliphatic carbocycles. The van der Waals surface area contributed by atoms with Crippen LogP contribution >= 0.6 is 0 Å². The first-order valence-electron chi connectivity index (χ1n) is 9.69. The van der Waals surface area contributed by atoms with Gasteiger partial charge in [0, 0.05) is 18.7 Å². The Hall–Kier alpha value is -2.58. The van der Waals surface area contributed by atoms with Crippen LogP contribution in [0.15, 0.2) is 53.5 Å². The molecule has 0 saturated carbocycles. The highest BCUT2D eigenvalue weighted by atomic mass is 32.2. The van der Waals surface area contributed by atoms with Gasteiger partial charge in [0.25, 0.3) is 0 Å². The predicted octanol–water partition coefficient (Wildman–Crippen LogP) is 2.39. The van der Waals surface area contributed by atoms with E-state index in [0.29, 0.717) is 25.7 Å². The lowest BCUT2D eigenvalue weighted by atomic mass is 10.1. The van der Waals surface area contributed by atoms with Crippen molar-refractivity contribution in [3.05, 3.63) is 65.2 Å². The van der Waals surface area contributed by atoms with E-state index in [4.69, 9.17) is 4.74 Å². The number of hydrogen-bond acceptors (Lipinski definition) is 4. The van der Waals surface area contributed by atoms with E-state index >= 15 is 0 Å². The maximum Gasteiger partial charge on any atom is 0.215 e. The second-order valence-electron chi connectivity index (χ2n) is 6.37. The summed E-state index contributed by atoms with van der Waals surface area (Å²) in [6, 6.07) is 15.4. The number of aliphatic imine (C=N–C) groups is 1. The minimum atomic E-state index is -3.27. The average molecular weight is 419 g/mol. The van der Waals surface area contributed by atoms with Crippen molar-refractivity contribution < 1.29 is 13.2 Å². The van der Waals surface area contributed by atoms with E-state index in [-0.39, 0.29) is 5.75 Å². The molecule has 7 nitrogen and oxygen atoms in total. The Labute approximate surface area is 173 Å². The topological polar surface area (TPSA) is 91.8 Å². The van der Waals surface area contributed by atoms with Gasteiger partial charge in [0.1, 0.15) is 5.75 Å². The third-order valence-electron chi connectivity index (χ3n) is 4.17. The minimum absolute atomic E-state index is 0.0313. The first kappa shape index (κ1) is 22.7. The zero-order valence-electron chi connectivity index (χ0n) is 17.2. The molecular weight excluding hydrogens is 388 g/mol. The number of sulfonamides is 1. The van der Waals surface area contributed by atoms with Gasteiger partial charge >= 0.3 is 0 Å². The van der Waals surface area contributed by atoms with E-state index in [9.17, 15) is 8.42 Å².